The maximum Gasteiger partial charge on any atom is 0.422 e. The van der Waals surface area contributed by atoms with E-state index in [1.807, 2.05) is 12.1 Å². The molecule has 2 aromatic rings. The molecule has 5 rings (SSSR count). The van der Waals surface area contributed by atoms with Crippen molar-refractivity contribution in [1.29, 1.82) is 0 Å². The van der Waals surface area contributed by atoms with E-state index >= 15 is 4.39 Å². The van der Waals surface area contributed by atoms with E-state index in [4.69, 9.17) is 0 Å². The fourth-order valence-corrected chi connectivity index (χ4v) is 7.87. The number of unbranched alkanes of at least 4 members (excludes halogenated alkanes) is 2. The summed E-state index contributed by atoms with van der Waals surface area (Å²) < 4.78 is 89.4. The summed E-state index contributed by atoms with van der Waals surface area (Å²) in [7, 11) is 0. The van der Waals surface area contributed by atoms with Gasteiger partial charge in [-0.05, 0) is 105 Å². The van der Waals surface area contributed by atoms with E-state index in [0.717, 1.165) is 36.2 Å². The molecule has 0 aromatic heterocycles. The van der Waals surface area contributed by atoms with E-state index in [2.05, 4.69) is 11.7 Å². The summed E-state index contributed by atoms with van der Waals surface area (Å²) in [5.41, 5.74) is 1.22. The minimum Gasteiger partial charge on any atom is -0.429 e. The van der Waals surface area contributed by atoms with Gasteiger partial charge in [0.1, 0.15) is 11.6 Å². The number of ether oxygens (including phenoxy) is 1. The van der Waals surface area contributed by atoms with Crippen LogP contribution < -0.4 is 4.74 Å². The van der Waals surface area contributed by atoms with Crippen molar-refractivity contribution < 1.29 is 31.1 Å². The lowest BCUT2D eigenvalue weighted by Gasteiger charge is -2.38. The Kier molecular flexibility index (Phi) is 10.5. The van der Waals surface area contributed by atoms with Crippen LogP contribution in [-0.4, -0.2) is 6.11 Å². The second-order valence-electron chi connectivity index (χ2n) is 13.2. The van der Waals surface area contributed by atoms with Crippen LogP contribution in [0.2, 0.25) is 0 Å². The van der Waals surface area contributed by atoms with Crippen molar-refractivity contribution in [1.82, 2.24) is 0 Å². The Morgan fingerprint density at radius 3 is 1.98 bits per heavy atom. The molecule has 1 unspecified atom stereocenters. The normalized spacial score (nSPS) is 26.7. The molecule has 1 atom stereocenters. The second-order valence-corrected chi connectivity index (χ2v) is 13.2. The maximum absolute atomic E-state index is 15.3. The smallest absolute Gasteiger partial charge is 0.422 e. The number of halogens is 6. The Morgan fingerprint density at radius 1 is 0.744 bits per heavy atom. The first-order valence-corrected chi connectivity index (χ1v) is 16.3. The second kappa shape index (κ2) is 14.1. The third kappa shape index (κ3) is 7.81. The molecule has 43 heavy (non-hydrogen) atoms. The Hall–Kier alpha value is -2.44. The van der Waals surface area contributed by atoms with Crippen LogP contribution in [0.4, 0.5) is 26.3 Å². The SMILES string of the molecule is CCCCCC1CCC(C2CCC(c3ccc(C4CC=C(C(F)(F)Oc5cc(F)c(F)c(F)c5)CC4)c(F)c3)CC2)CC1. The zero-order chi connectivity index (χ0) is 30.6. The summed E-state index contributed by atoms with van der Waals surface area (Å²) in [5, 5.41) is 0. The van der Waals surface area contributed by atoms with Crippen molar-refractivity contribution >= 4 is 0 Å². The molecule has 236 valence electrons. The molecule has 2 saturated carbocycles. The van der Waals surface area contributed by atoms with Crippen molar-refractivity contribution in [2.45, 2.75) is 121 Å². The van der Waals surface area contributed by atoms with Crippen LogP contribution in [0.5, 0.6) is 5.75 Å². The molecule has 0 saturated heterocycles. The van der Waals surface area contributed by atoms with Crippen LogP contribution in [0.25, 0.3) is 0 Å². The molecule has 0 aliphatic heterocycles. The predicted octanol–water partition coefficient (Wildman–Crippen LogP) is 11.8. The van der Waals surface area contributed by atoms with Gasteiger partial charge in [0.25, 0.3) is 0 Å². The number of rotatable bonds is 10. The van der Waals surface area contributed by atoms with Gasteiger partial charge in [-0.2, -0.15) is 8.78 Å². The van der Waals surface area contributed by atoms with E-state index in [0.29, 0.717) is 30.0 Å². The average Bonchev–Trinajstić information content (AvgIpc) is 3.00. The molecule has 3 aliphatic rings. The summed E-state index contributed by atoms with van der Waals surface area (Å²) in [5.74, 6) is -3.37. The minimum absolute atomic E-state index is 0.0598. The standard InChI is InChI=1S/C36H44F6O/c1-2-3-4-5-23-6-8-24(9-7-23)25-10-12-26(13-11-25)28-16-19-31(32(37)20-28)27-14-17-29(18-15-27)36(41,42)43-30-21-33(38)35(40)34(39)22-30/h16-17,19-27H,2-15,18H2,1H3. The van der Waals surface area contributed by atoms with Crippen molar-refractivity contribution in [3.8, 4) is 5.75 Å². The highest BCUT2D eigenvalue weighted by Gasteiger charge is 2.39. The molecule has 0 radical (unpaired) electrons. The molecule has 2 fully saturated rings. The maximum atomic E-state index is 15.3. The summed E-state index contributed by atoms with van der Waals surface area (Å²) in [6.45, 7) is 2.26. The number of alkyl halides is 2. The van der Waals surface area contributed by atoms with Crippen LogP contribution in [-0.2, 0) is 0 Å². The first-order chi connectivity index (χ1) is 20.6. The van der Waals surface area contributed by atoms with Gasteiger partial charge >= 0.3 is 6.11 Å². The summed E-state index contributed by atoms with van der Waals surface area (Å²) in [6, 6.07) is 6.26. The number of hydrogen-bond acceptors (Lipinski definition) is 1. The van der Waals surface area contributed by atoms with Gasteiger partial charge in [-0.1, -0.05) is 63.7 Å². The van der Waals surface area contributed by atoms with E-state index in [-0.39, 0.29) is 30.1 Å². The molecule has 7 heteroatoms. The van der Waals surface area contributed by atoms with Crippen LogP contribution in [0.3, 0.4) is 0 Å². The molecule has 3 aliphatic carbocycles. The van der Waals surface area contributed by atoms with E-state index in [9.17, 15) is 22.0 Å². The fourth-order valence-electron chi connectivity index (χ4n) is 7.87. The largest absolute Gasteiger partial charge is 0.429 e. The van der Waals surface area contributed by atoms with Gasteiger partial charge in [-0.3, -0.25) is 0 Å². The Balaban J connectivity index is 1.12. The van der Waals surface area contributed by atoms with Gasteiger partial charge < -0.3 is 4.74 Å². The third-order valence-corrected chi connectivity index (χ3v) is 10.5. The van der Waals surface area contributed by atoms with Crippen molar-refractivity contribution in [3.05, 3.63) is 76.4 Å². The number of hydrogen-bond donors (Lipinski definition) is 0. The number of allylic oxidation sites excluding steroid dienone is 1. The molecule has 0 spiro atoms. The lowest BCUT2D eigenvalue weighted by molar-refractivity contribution is -0.145. The van der Waals surface area contributed by atoms with Gasteiger partial charge in [0.05, 0.1) is 0 Å². The monoisotopic (exact) mass is 606 g/mol. The fraction of sp³-hybridized carbons (Fsp3) is 0.611. The predicted molar refractivity (Wildman–Crippen MR) is 157 cm³/mol. The number of benzene rings is 2. The van der Waals surface area contributed by atoms with Crippen molar-refractivity contribution in [3.63, 3.8) is 0 Å². The summed E-state index contributed by atoms with van der Waals surface area (Å²) in [4.78, 5) is 0. The molecular formula is C36H44F6O. The lowest BCUT2D eigenvalue weighted by Crippen LogP contribution is -2.29. The molecule has 0 amide bonds. The Morgan fingerprint density at radius 2 is 1.40 bits per heavy atom. The van der Waals surface area contributed by atoms with Crippen molar-refractivity contribution in [2.75, 3.05) is 0 Å². The molecule has 0 bridgehead atoms. The van der Waals surface area contributed by atoms with E-state index < -0.39 is 29.3 Å². The highest BCUT2D eigenvalue weighted by atomic mass is 19.3. The van der Waals surface area contributed by atoms with Gasteiger partial charge in [0, 0.05) is 17.7 Å². The highest BCUT2D eigenvalue weighted by molar-refractivity contribution is 5.32. The highest BCUT2D eigenvalue weighted by Crippen LogP contribution is 2.46. The van der Waals surface area contributed by atoms with Gasteiger partial charge in [-0.15, -0.1) is 0 Å². The van der Waals surface area contributed by atoms with Gasteiger partial charge in [0.15, 0.2) is 17.5 Å². The molecule has 2 aromatic carbocycles. The molecular weight excluding hydrogens is 562 g/mol. The quantitative estimate of drug-likeness (QED) is 0.113. The molecule has 1 nitrogen and oxygen atoms in total. The van der Waals surface area contributed by atoms with Crippen LogP contribution in [0, 0.1) is 41.0 Å². The first kappa shape index (κ1) is 32.0. The zero-order valence-corrected chi connectivity index (χ0v) is 25.1. The average molecular weight is 607 g/mol. The zero-order valence-electron chi connectivity index (χ0n) is 25.1. The van der Waals surface area contributed by atoms with Crippen LogP contribution in [0.1, 0.15) is 126 Å². The van der Waals surface area contributed by atoms with Crippen molar-refractivity contribution in [2.24, 2.45) is 17.8 Å². The van der Waals surface area contributed by atoms with E-state index in [1.54, 1.807) is 6.07 Å². The first-order valence-electron chi connectivity index (χ1n) is 16.3. The minimum atomic E-state index is -3.82. The Labute approximate surface area is 252 Å². The third-order valence-electron chi connectivity index (χ3n) is 10.5. The van der Waals surface area contributed by atoms with Gasteiger partial charge in [0.2, 0.25) is 0 Å². The summed E-state index contributed by atoms with van der Waals surface area (Å²) >= 11 is 0. The topological polar surface area (TPSA) is 9.23 Å². The van der Waals surface area contributed by atoms with Crippen LogP contribution in [0.15, 0.2) is 42.0 Å². The lowest BCUT2D eigenvalue weighted by atomic mass is 9.68. The summed E-state index contributed by atoms with van der Waals surface area (Å²) in [6.07, 6.45) is 13.5. The van der Waals surface area contributed by atoms with Crippen LogP contribution >= 0.6 is 0 Å². The van der Waals surface area contributed by atoms with E-state index in [1.165, 1.54) is 70.3 Å². The molecule has 0 heterocycles. The van der Waals surface area contributed by atoms with Gasteiger partial charge in [-0.25, -0.2) is 17.6 Å². The molecule has 0 N–H and O–H groups in total. The Bertz CT molecular complexity index is 1230.